The lowest BCUT2D eigenvalue weighted by atomic mass is 9.77. The number of phenolic OH excluding ortho intramolecular Hbond substituents is 2. The molecule has 0 radical (unpaired) electrons. The summed E-state index contributed by atoms with van der Waals surface area (Å²) in [6, 6.07) is 8.25. The largest absolute Gasteiger partial charge is 0.503 e. The number of benzene rings is 4. The average Bonchev–Trinajstić information content (AvgIpc) is 3.63. The van der Waals surface area contributed by atoms with E-state index in [4.69, 9.17) is 46.4 Å². The Morgan fingerprint density at radius 1 is 0.650 bits per heavy atom. The molecule has 2 heterocycles. The molecule has 60 heavy (non-hydrogen) atoms. The summed E-state index contributed by atoms with van der Waals surface area (Å²) in [6.07, 6.45) is 0.344. The standard InChI is InChI=1S/C42H34Cl4F4N4O6/c1-6-11-51-39(57)33(29-17(4)53(27-14-25(47)37(55)35(49)31(27)29)41(59)19-7-9-21(43)23(45)12-19)34(40(58)52-16(2)3)30-18(5)54(28-15-26(48)38(56)36(50)32(28)30)42(60)20-8-10-22(44)24(46)13-20/h7-10,12-16,33-34,55-56H,6,11H2,1-5H3,(H,51,57)(H,52,58). The summed E-state index contributed by atoms with van der Waals surface area (Å²) in [7, 11) is 0. The molecule has 0 aliphatic heterocycles. The van der Waals surface area contributed by atoms with Crippen LogP contribution in [0.4, 0.5) is 17.6 Å². The third-order valence-corrected chi connectivity index (χ3v) is 11.5. The molecule has 0 aliphatic carbocycles. The number of nitrogens with zero attached hydrogens (tertiary/aromatic N) is 2. The number of aromatic nitrogens is 2. The molecule has 0 fully saturated rings. The molecule has 0 saturated heterocycles. The quantitative estimate of drug-likeness (QED) is 0.101. The van der Waals surface area contributed by atoms with Gasteiger partial charge in [-0.1, -0.05) is 53.3 Å². The maximum atomic E-state index is 16.6. The molecule has 2 amide bonds. The smallest absolute Gasteiger partial charge is 0.262 e. The first kappa shape index (κ1) is 44.3. The summed E-state index contributed by atoms with van der Waals surface area (Å²) >= 11 is 24.6. The number of nitrogens with one attached hydrogen (secondary N) is 2. The fourth-order valence-corrected chi connectivity index (χ4v) is 8.05. The van der Waals surface area contributed by atoms with Crippen LogP contribution in [0, 0.1) is 37.1 Å². The number of phenols is 2. The lowest BCUT2D eigenvalue weighted by molar-refractivity contribution is -0.129. The number of hydrogen-bond acceptors (Lipinski definition) is 6. The highest BCUT2D eigenvalue weighted by atomic mass is 35.5. The fourth-order valence-electron chi connectivity index (χ4n) is 7.45. The summed E-state index contributed by atoms with van der Waals surface area (Å²) < 4.78 is 65.5. The number of carbonyl (C=O) groups excluding carboxylic acids is 4. The minimum atomic E-state index is -2.00. The van der Waals surface area contributed by atoms with Gasteiger partial charge in [-0.05, 0) is 81.6 Å². The molecule has 0 bridgehead atoms. The second-order valence-corrected chi connectivity index (χ2v) is 15.9. The Hall–Kier alpha value is -5.28. The van der Waals surface area contributed by atoms with Crippen molar-refractivity contribution in [2.45, 2.75) is 58.9 Å². The van der Waals surface area contributed by atoms with E-state index in [9.17, 15) is 29.4 Å². The molecular weight excluding hydrogens is 874 g/mol. The van der Waals surface area contributed by atoms with Crippen molar-refractivity contribution in [3.8, 4) is 11.5 Å². The number of hydrogen-bond donors (Lipinski definition) is 4. The van der Waals surface area contributed by atoms with Crippen LogP contribution in [0.25, 0.3) is 21.8 Å². The van der Waals surface area contributed by atoms with E-state index in [1.807, 2.05) is 0 Å². The highest BCUT2D eigenvalue weighted by Crippen LogP contribution is 2.48. The van der Waals surface area contributed by atoms with Crippen molar-refractivity contribution in [2.24, 2.45) is 0 Å². The van der Waals surface area contributed by atoms with E-state index < -0.39 is 109 Å². The van der Waals surface area contributed by atoms with Gasteiger partial charge in [0.15, 0.2) is 34.8 Å². The van der Waals surface area contributed by atoms with Crippen LogP contribution in [0.3, 0.4) is 0 Å². The van der Waals surface area contributed by atoms with Crippen molar-refractivity contribution in [3.63, 3.8) is 0 Å². The summed E-state index contributed by atoms with van der Waals surface area (Å²) in [4.78, 5) is 58.4. The van der Waals surface area contributed by atoms with Crippen LogP contribution in [0.15, 0.2) is 48.5 Å². The molecular formula is C42H34Cl4F4N4O6. The molecule has 0 saturated carbocycles. The average molecular weight is 909 g/mol. The van der Waals surface area contributed by atoms with Crippen LogP contribution in [-0.4, -0.2) is 55.6 Å². The van der Waals surface area contributed by atoms with E-state index in [0.717, 1.165) is 9.13 Å². The third-order valence-electron chi connectivity index (χ3n) is 10.1. The van der Waals surface area contributed by atoms with Gasteiger partial charge in [-0.3, -0.25) is 28.3 Å². The van der Waals surface area contributed by atoms with Gasteiger partial charge in [0.05, 0.1) is 43.0 Å². The van der Waals surface area contributed by atoms with Crippen LogP contribution in [-0.2, 0) is 9.59 Å². The highest BCUT2D eigenvalue weighted by molar-refractivity contribution is 6.42. The van der Waals surface area contributed by atoms with E-state index >= 15 is 17.6 Å². The first-order chi connectivity index (χ1) is 28.2. The zero-order chi connectivity index (χ0) is 44.2. The predicted octanol–water partition coefficient (Wildman–Crippen LogP) is 10.1. The van der Waals surface area contributed by atoms with E-state index in [0.29, 0.717) is 18.6 Å². The summed E-state index contributed by atoms with van der Waals surface area (Å²) in [5.74, 6) is -17.0. The number of fused-ring (bicyclic) bond motifs is 2. The monoisotopic (exact) mass is 906 g/mol. The van der Waals surface area contributed by atoms with Crippen molar-refractivity contribution in [1.29, 1.82) is 0 Å². The van der Waals surface area contributed by atoms with Crippen molar-refractivity contribution in [3.05, 3.63) is 126 Å². The first-order valence-corrected chi connectivity index (χ1v) is 19.8. The molecule has 2 aromatic heterocycles. The van der Waals surface area contributed by atoms with Gasteiger partial charge < -0.3 is 20.8 Å². The summed E-state index contributed by atoms with van der Waals surface area (Å²) in [5, 5.41) is 25.4. The van der Waals surface area contributed by atoms with Crippen LogP contribution < -0.4 is 10.6 Å². The number of halogens is 8. The van der Waals surface area contributed by atoms with Crippen LogP contribution in [0.2, 0.25) is 20.1 Å². The van der Waals surface area contributed by atoms with Crippen molar-refractivity contribution < 1.29 is 47.0 Å². The van der Waals surface area contributed by atoms with Gasteiger partial charge >= 0.3 is 0 Å². The maximum absolute atomic E-state index is 16.6. The number of carbonyl (C=O) groups is 4. The van der Waals surface area contributed by atoms with E-state index in [1.165, 1.54) is 50.2 Å². The van der Waals surface area contributed by atoms with Crippen LogP contribution >= 0.6 is 46.4 Å². The molecule has 2 atom stereocenters. The molecule has 314 valence electrons. The Bertz CT molecular complexity index is 2810. The molecule has 4 N–H and O–H groups in total. The summed E-state index contributed by atoms with van der Waals surface area (Å²) in [6.45, 7) is 7.39. The maximum Gasteiger partial charge on any atom is 0.262 e. The minimum Gasteiger partial charge on any atom is -0.503 e. The van der Waals surface area contributed by atoms with Crippen LogP contribution in [0.1, 0.15) is 82.3 Å². The van der Waals surface area contributed by atoms with E-state index in [1.54, 1.807) is 20.8 Å². The van der Waals surface area contributed by atoms with Gasteiger partial charge in [0.1, 0.15) is 0 Å². The Labute approximate surface area is 359 Å². The number of aromatic hydroxyl groups is 2. The van der Waals surface area contributed by atoms with Crippen molar-refractivity contribution >= 4 is 91.8 Å². The highest BCUT2D eigenvalue weighted by Gasteiger charge is 2.45. The Morgan fingerprint density at radius 2 is 1.05 bits per heavy atom. The fraction of sp³-hybridized carbons (Fsp3) is 0.238. The normalized spacial score (nSPS) is 12.6. The zero-order valence-electron chi connectivity index (χ0n) is 32.2. The second-order valence-electron chi connectivity index (χ2n) is 14.3. The Kier molecular flexibility index (Phi) is 12.5. The predicted molar refractivity (Wildman–Crippen MR) is 221 cm³/mol. The topological polar surface area (TPSA) is 143 Å². The lowest BCUT2D eigenvalue weighted by Crippen LogP contribution is -2.42. The second kappa shape index (κ2) is 17.0. The first-order valence-electron chi connectivity index (χ1n) is 18.2. The molecule has 4 aromatic carbocycles. The minimum absolute atomic E-state index is 0.0208. The van der Waals surface area contributed by atoms with E-state index in [-0.39, 0.29) is 49.2 Å². The van der Waals surface area contributed by atoms with Gasteiger partial charge in [0, 0.05) is 58.0 Å². The number of amides is 2. The van der Waals surface area contributed by atoms with Gasteiger partial charge in [-0.25, -0.2) is 17.6 Å². The third kappa shape index (κ3) is 7.54. The van der Waals surface area contributed by atoms with Gasteiger partial charge in [-0.15, -0.1) is 0 Å². The lowest BCUT2D eigenvalue weighted by Gasteiger charge is -2.28. The molecule has 18 heteroatoms. The number of rotatable bonds is 10. The molecule has 10 nitrogen and oxygen atoms in total. The summed E-state index contributed by atoms with van der Waals surface area (Å²) in [5.41, 5.74) is -2.52. The van der Waals surface area contributed by atoms with Crippen molar-refractivity contribution in [2.75, 3.05) is 6.54 Å². The molecule has 0 aliphatic rings. The molecule has 6 aromatic rings. The van der Waals surface area contributed by atoms with Crippen molar-refractivity contribution in [1.82, 2.24) is 19.8 Å². The van der Waals surface area contributed by atoms with Gasteiger partial charge in [-0.2, -0.15) is 0 Å². The van der Waals surface area contributed by atoms with E-state index in [2.05, 4.69) is 10.6 Å². The zero-order valence-corrected chi connectivity index (χ0v) is 35.2. The van der Waals surface area contributed by atoms with Gasteiger partial charge in [0.2, 0.25) is 11.8 Å². The molecule has 0 spiro atoms. The SMILES string of the molecule is CCCNC(=O)C(c1c(C)n(C(=O)c2ccc(Cl)c(Cl)c2)c2cc(F)c(O)c(F)c12)C(C(=O)NC(C)C)c1c(C)n(C(=O)c2ccc(Cl)c(Cl)c2)c2cc(F)c(O)c(F)c12. The molecule has 2 unspecified atom stereocenters. The van der Waals surface area contributed by atoms with Crippen LogP contribution in [0.5, 0.6) is 11.5 Å². The molecule has 6 rings (SSSR count). The Balaban J connectivity index is 1.79. The Morgan fingerprint density at radius 3 is 1.42 bits per heavy atom. The van der Waals surface area contributed by atoms with Gasteiger partial charge in [0.25, 0.3) is 11.8 Å².